The zero-order valence-electron chi connectivity index (χ0n) is 18.9. The molecule has 5 rings (SSSR count). The van der Waals surface area contributed by atoms with Crippen LogP contribution >= 0.6 is 11.8 Å². The molecule has 0 bridgehead atoms. The zero-order valence-corrected chi connectivity index (χ0v) is 19.7. The van der Waals surface area contributed by atoms with Crippen molar-refractivity contribution in [3.05, 3.63) is 52.7 Å². The SMILES string of the molecule is Cc1cc(-c2cnc3ccc(/C=C4\SC(=O)NC4=O)nn23)ccc1N1CCN(C(C)C)CC1. The largest absolute Gasteiger partial charge is 0.369 e. The Kier molecular flexibility index (Phi) is 5.67. The first-order chi connectivity index (χ1) is 15.9. The predicted octanol–water partition coefficient (Wildman–Crippen LogP) is 3.56. The van der Waals surface area contributed by atoms with Gasteiger partial charge in [0.1, 0.15) is 0 Å². The quantitative estimate of drug-likeness (QED) is 0.594. The van der Waals surface area contributed by atoms with Gasteiger partial charge in [-0.2, -0.15) is 5.10 Å². The molecule has 2 fully saturated rings. The molecule has 33 heavy (non-hydrogen) atoms. The average Bonchev–Trinajstić information content (AvgIpc) is 3.35. The highest BCUT2D eigenvalue weighted by Gasteiger charge is 2.25. The van der Waals surface area contributed by atoms with Crippen molar-refractivity contribution in [2.45, 2.75) is 26.8 Å². The van der Waals surface area contributed by atoms with Crippen LogP contribution in [0.5, 0.6) is 0 Å². The fourth-order valence-electron chi connectivity index (χ4n) is 4.37. The third-order valence-corrected chi connectivity index (χ3v) is 6.99. The van der Waals surface area contributed by atoms with Gasteiger partial charge in [0.25, 0.3) is 11.1 Å². The van der Waals surface area contributed by atoms with Gasteiger partial charge in [0.15, 0.2) is 5.65 Å². The maximum absolute atomic E-state index is 11.9. The molecule has 1 N–H and O–H groups in total. The van der Waals surface area contributed by atoms with Gasteiger partial charge in [0.05, 0.1) is 22.5 Å². The van der Waals surface area contributed by atoms with Crippen molar-refractivity contribution in [2.24, 2.45) is 0 Å². The molecule has 2 aromatic heterocycles. The molecule has 0 atom stereocenters. The molecule has 2 amide bonds. The van der Waals surface area contributed by atoms with E-state index in [4.69, 9.17) is 0 Å². The molecule has 8 nitrogen and oxygen atoms in total. The number of carbonyl (C=O) groups excluding carboxylic acids is 2. The van der Waals surface area contributed by atoms with E-state index in [1.54, 1.807) is 16.7 Å². The second-order valence-electron chi connectivity index (χ2n) is 8.64. The Morgan fingerprint density at radius 3 is 2.55 bits per heavy atom. The van der Waals surface area contributed by atoms with E-state index < -0.39 is 5.91 Å². The number of imide groups is 1. The summed E-state index contributed by atoms with van der Waals surface area (Å²) in [6, 6.07) is 10.7. The van der Waals surface area contributed by atoms with E-state index >= 15 is 0 Å². The van der Waals surface area contributed by atoms with E-state index in [9.17, 15) is 9.59 Å². The summed E-state index contributed by atoms with van der Waals surface area (Å²) in [6.07, 6.45) is 3.44. The molecule has 0 saturated carbocycles. The van der Waals surface area contributed by atoms with Crippen molar-refractivity contribution >= 4 is 40.3 Å². The molecule has 4 heterocycles. The molecule has 2 saturated heterocycles. The Morgan fingerprint density at radius 2 is 1.88 bits per heavy atom. The number of thioether (sulfide) groups is 1. The fraction of sp³-hybridized carbons (Fsp3) is 0.333. The first-order valence-corrected chi connectivity index (χ1v) is 11.9. The molecule has 0 spiro atoms. The van der Waals surface area contributed by atoms with Crippen LogP contribution in [0.1, 0.15) is 25.1 Å². The molecule has 2 aliphatic rings. The topological polar surface area (TPSA) is 82.8 Å². The number of fused-ring (bicyclic) bond motifs is 1. The second-order valence-corrected chi connectivity index (χ2v) is 9.66. The van der Waals surface area contributed by atoms with E-state index in [1.807, 2.05) is 12.3 Å². The Balaban J connectivity index is 1.42. The van der Waals surface area contributed by atoms with Crippen LogP contribution in [0, 0.1) is 6.92 Å². The van der Waals surface area contributed by atoms with Gasteiger partial charge in [-0.1, -0.05) is 6.07 Å². The minimum atomic E-state index is -0.391. The van der Waals surface area contributed by atoms with Crippen LogP contribution < -0.4 is 10.2 Å². The van der Waals surface area contributed by atoms with Gasteiger partial charge >= 0.3 is 0 Å². The number of aromatic nitrogens is 3. The van der Waals surface area contributed by atoms with Crippen molar-refractivity contribution in [3.63, 3.8) is 0 Å². The third kappa shape index (κ3) is 4.26. The molecule has 2 aliphatic heterocycles. The van der Waals surface area contributed by atoms with E-state index in [-0.39, 0.29) is 5.24 Å². The number of nitrogens with one attached hydrogen (secondary N) is 1. The molecule has 0 unspecified atom stereocenters. The van der Waals surface area contributed by atoms with Crippen molar-refractivity contribution in [1.29, 1.82) is 0 Å². The molecular weight excluding hydrogens is 436 g/mol. The second kappa shape index (κ2) is 8.64. The van der Waals surface area contributed by atoms with E-state index in [1.165, 1.54) is 11.3 Å². The van der Waals surface area contributed by atoms with E-state index in [2.05, 4.69) is 64.2 Å². The van der Waals surface area contributed by atoms with Gasteiger partial charge in [-0.25, -0.2) is 9.50 Å². The van der Waals surface area contributed by atoms with E-state index in [0.29, 0.717) is 16.6 Å². The van der Waals surface area contributed by atoms with Crippen LogP contribution in [0.4, 0.5) is 10.5 Å². The van der Waals surface area contributed by atoms with Crippen molar-refractivity contribution in [1.82, 2.24) is 24.8 Å². The minimum absolute atomic E-state index is 0.339. The molecule has 1 aromatic carbocycles. The third-order valence-electron chi connectivity index (χ3n) is 6.18. The molecule has 9 heteroatoms. The standard InChI is InChI=1S/C24H26N6O2S/c1-15(2)28-8-10-29(11-9-28)19-6-4-17(12-16(19)3)20-14-25-22-7-5-18(27-30(20)22)13-21-23(31)26-24(32)33-21/h4-7,12-15H,8-11H2,1-3H3,(H,26,31,32)/b21-13-. The van der Waals surface area contributed by atoms with Gasteiger partial charge in [-0.15, -0.1) is 0 Å². The fourth-order valence-corrected chi connectivity index (χ4v) is 5.03. The molecular formula is C24H26N6O2S. The average molecular weight is 463 g/mol. The highest BCUT2D eigenvalue weighted by atomic mass is 32.2. The van der Waals surface area contributed by atoms with Crippen molar-refractivity contribution in [3.8, 4) is 11.3 Å². The van der Waals surface area contributed by atoms with Crippen molar-refractivity contribution < 1.29 is 9.59 Å². The lowest BCUT2D eigenvalue weighted by Gasteiger charge is -2.38. The number of hydrogen-bond donors (Lipinski definition) is 1. The Labute approximate surface area is 196 Å². The number of carbonyl (C=O) groups is 2. The van der Waals surface area contributed by atoms with Gasteiger partial charge in [0, 0.05) is 43.5 Å². The summed E-state index contributed by atoms with van der Waals surface area (Å²) in [6.45, 7) is 10.9. The number of aryl methyl sites for hydroxylation is 1. The summed E-state index contributed by atoms with van der Waals surface area (Å²) in [5.74, 6) is -0.391. The van der Waals surface area contributed by atoms with Crippen LogP contribution in [0.2, 0.25) is 0 Å². The summed E-state index contributed by atoms with van der Waals surface area (Å²) in [4.78, 5) is 33.1. The monoisotopic (exact) mass is 462 g/mol. The number of piperazine rings is 1. The van der Waals surface area contributed by atoms with E-state index in [0.717, 1.165) is 54.8 Å². The van der Waals surface area contributed by atoms with Crippen LogP contribution in [0.15, 0.2) is 41.4 Å². The predicted molar refractivity (Wildman–Crippen MR) is 131 cm³/mol. The number of amides is 2. The summed E-state index contributed by atoms with van der Waals surface area (Å²) in [5.41, 5.74) is 5.71. The first-order valence-electron chi connectivity index (χ1n) is 11.1. The zero-order chi connectivity index (χ0) is 23.1. The number of rotatable bonds is 4. The maximum atomic E-state index is 11.9. The van der Waals surface area contributed by atoms with Crippen LogP contribution in [0.3, 0.4) is 0 Å². The van der Waals surface area contributed by atoms with Crippen molar-refractivity contribution in [2.75, 3.05) is 31.1 Å². The first kappa shape index (κ1) is 21.7. The summed E-state index contributed by atoms with van der Waals surface area (Å²) in [5, 5.41) is 6.56. The number of anilines is 1. The highest BCUT2D eigenvalue weighted by molar-refractivity contribution is 8.18. The summed E-state index contributed by atoms with van der Waals surface area (Å²) < 4.78 is 1.78. The normalized spacial score (nSPS) is 18.7. The lowest BCUT2D eigenvalue weighted by molar-refractivity contribution is -0.115. The van der Waals surface area contributed by atoms with Crippen LogP contribution in [-0.4, -0.2) is 62.9 Å². The number of hydrogen-bond acceptors (Lipinski definition) is 7. The molecule has 3 aromatic rings. The molecule has 0 radical (unpaired) electrons. The maximum Gasteiger partial charge on any atom is 0.290 e. The number of imidazole rings is 1. The molecule has 170 valence electrons. The Bertz CT molecular complexity index is 1270. The number of benzene rings is 1. The molecule has 0 aliphatic carbocycles. The highest BCUT2D eigenvalue weighted by Crippen LogP contribution is 2.29. The van der Waals surface area contributed by atoms with Gasteiger partial charge in [-0.05, 0) is 68.4 Å². The number of nitrogens with zero attached hydrogens (tertiary/aromatic N) is 5. The summed E-state index contributed by atoms with van der Waals surface area (Å²) >= 11 is 0.884. The van der Waals surface area contributed by atoms with Crippen LogP contribution in [-0.2, 0) is 4.79 Å². The van der Waals surface area contributed by atoms with Gasteiger partial charge in [-0.3, -0.25) is 19.8 Å². The smallest absolute Gasteiger partial charge is 0.290 e. The van der Waals surface area contributed by atoms with Crippen LogP contribution in [0.25, 0.3) is 23.0 Å². The Hall–Kier alpha value is -3.17. The van der Waals surface area contributed by atoms with Gasteiger partial charge < -0.3 is 4.90 Å². The Morgan fingerprint density at radius 1 is 1.09 bits per heavy atom. The summed E-state index contributed by atoms with van der Waals surface area (Å²) in [7, 11) is 0. The lowest BCUT2D eigenvalue weighted by Crippen LogP contribution is -2.49. The lowest BCUT2D eigenvalue weighted by atomic mass is 10.1. The van der Waals surface area contributed by atoms with Gasteiger partial charge in [0.2, 0.25) is 0 Å². The minimum Gasteiger partial charge on any atom is -0.369 e.